The van der Waals surface area contributed by atoms with E-state index in [1.54, 1.807) is 5.57 Å². The summed E-state index contributed by atoms with van der Waals surface area (Å²) in [6.07, 6.45) is 16.0. The van der Waals surface area contributed by atoms with Crippen LogP contribution in [0.1, 0.15) is 102 Å². The monoisotopic (exact) mass is 512 g/mol. The zero-order valence-corrected chi connectivity index (χ0v) is 23.5. The van der Waals surface area contributed by atoms with E-state index in [0.717, 1.165) is 49.4 Å². The minimum absolute atomic E-state index is 0.00779. The Hall–Kier alpha value is -2.23. The Labute approximate surface area is 228 Å². The highest BCUT2D eigenvalue weighted by molar-refractivity contribution is 5.93. The van der Waals surface area contributed by atoms with Crippen LogP contribution in [0, 0.1) is 46.3 Å². The quantitative estimate of drug-likeness (QED) is 0.297. The molecule has 1 aromatic rings. The molecule has 4 fully saturated rings. The summed E-state index contributed by atoms with van der Waals surface area (Å²) in [5.74, 6) is 4.14. The lowest BCUT2D eigenvalue weighted by Gasteiger charge is -2.58. The number of ether oxygens (including phenoxy) is 1. The second kappa shape index (κ2) is 9.17. The van der Waals surface area contributed by atoms with Gasteiger partial charge in [-0.2, -0.15) is 10.2 Å². The van der Waals surface area contributed by atoms with Crippen LogP contribution < -0.4 is 0 Å². The molecule has 1 heterocycles. The molecule has 6 aliphatic rings. The normalized spacial score (nSPS) is 43.6. The van der Waals surface area contributed by atoms with Crippen molar-refractivity contribution < 1.29 is 9.53 Å². The third-order valence-corrected chi connectivity index (χ3v) is 12.4. The molecule has 4 heteroatoms. The summed E-state index contributed by atoms with van der Waals surface area (Å²) >= 11 is 0. The first kappa shape index (κ1) is 24.8. The topological polar surface area (TPSA) is 51.0 Å². The number of allylic oxidation sites excluding steroid dienone is 1. The summed E-state index contributed by atoms with van der Waals surface area (Å²) in [6.45, 7) is 7.48. The second-order valence-electron chi connectivity index (χ2n) is 14.0. The van der Waals surface area contributed by atoms with Gasteiger partial charge in [-0.15, -0.1) is 0 Å². The summed E-state index contributed by atoms with van der Waals surface area (Å²) in [5.41, 5.74) is 5.58. The van der Waals surface area contributed by atoms with Gasteiger partial charge in [0.15, 0.2) is 0 Å². The predicted octanol–water partition coefficient (Wildman–Crippen LogP) is 8.04. The minimum atomic E-state index is -0.172. The standard InChI is InChI=1S/C34H44N2O2/c1-21-31-27(25-11-7-8-12-30(25)36-35-21)20-29-26-14-13-23-19-24(38-32(37)22-9-5-4-6-10-22)15-17-33(23,2)28(26)16-18-34(29,31)3/h4-6,9-10,13,24-29,31H,7-8,11-12,14-20H2,1-3H3/t24-,25?,26+,27-,28-,29-,31-,33-,34-/m0/s1. The van der Waals surface area contributed by atoms with E-state index in [4.69, 9.17) is 14.9 Å². The third kappa shape index (κ3) is 3.72. The van der Waals surface area contributed by atoms with Gasteiger partial charge in [-0.05, 0) is 111 Å². The Morgan fingerprint density at radius 2 is 1.82 bits per heavy atom. The average Bonchev–Trinajstić information content (AvgIpc) is 3.17. The molecule has 0 spiro atoms. The number of esters is 1. The second-order valence-corrected chi connectivity index (χ2v) is 14.0. The summed E-state index contributed by atoms with van der Waals surface area (Å²) < 4.78 is 6.03. The number of hydrogen-bond acceptors (Lipinski definition) is 4. The van der Waals surface area contributed by atoms with Gasteiger partial charge in [0.05, 0.1) is 5.56 Å². The zero-order valence-electron chi connectivity index (χ0n) is 23.5. The Morgan fingerprint density at radius 3 is 2.66 bits per heavy atom. The van der Waals surface area contributed by atoms with Gasteiger partial charge in [0.1, 0.15) is 6.10 Å². The van der Waals surface area contributed by atoms with Crippen LogP contribution in [0.3, 0.4) is 0 Å². The fourth-order valence-corrected chi connectivity index (χ4v) is 10.6. The maximum absolute atomic E-state index is 12.8. The van der Waals surface area contributed by atoms with Crippen molar-refractivity contribution in [1.82, 2.24) is 0 Å². The van der Waals surface area contributed by atoms with Crippen molar-refractivity contribution in [2.45, 2.75) is 97.5 Å². The van der Waals surface area contributed by atoms with Gasteiger partial charge in [-0.25, -0.2) is 4.79 Å². The lowest BCUT2D eigenvalue weighted by molar-refractivity contribution is -0.0462. The smallest absolute Gasteiger partial charge is 0.338 e. The molecule has 0 saturated heterocycles. The molecule has 1 aliphatic heterocycles. The molecule has 0 amide bonds. The summed E-state index contributed by atoms with van der Waals surface area (Å²) in [6, 6.07) is 9.47. The molecule has 0 radical (unpaired) electrons. The van der Waals surface area contributed by atoms with E-state index in [9.17, 15) is 4.79 Å². The average molecular weight is 513 g/mol. The first-order chi connectivity index (χ1) is 18.4. The zero-order chi connectivity index (χ0) is 26.1. The van der Waals surface area contributed by atoms with Crippen molar-refractivity contribution in [2.75, 3.05) is 0 Å². The fourth-order valence-electron chi connectivity index (χ4n) is 10.6. The maximum Gasteiger partial charge on any atom is 0.338 e. The van der Waals surface area contributed by atoms with E-state index in [0.29, 0.717) is 22.8 Å². The number of fused-ring (bicyclic) bond motifs is 9. The highest BCUT2D eigenvalue weighted by atomic mass is 16.5. The summed E-state index contributed by atoms with van der Waals surface area (Å²) in [7, 11) is 0. The van der Waals surface area contributed by atoms with Gasteiger partial charge >= 0.3 is 5.97 Å². The Bertz CT molecular complexity index is 1200. The van der Waals surface area contributed by atoms with Gasteiger partial charge in [-0.1, -0.05) is 50.1 Å². The van der Waals surface area contributed by atoms with Crippen molar-refractivity contribution in [2.24, 2.45) is 56.5 Å². The SMILES string of the molecule is CC1=NN=C2CCCCC2[C@@H]2C[C@H]3[C@@H]4CC=C5C[C@@H](OC(=O)c6ccccc6)CC[C@]5(C)[C@H]4CC[C@]3(C)[C@@H]12. The molecule has 5 aliphatic carbocycles. The van der Waals surface area contributed by atoms with Crippen molar-refractivity contribution in [3.05, 3.63) is 47.5 Å². The van der Waals surface area contributed by atoms with Crippen molar-refractivity contribution in [3.8, 4) is 0 Å². The van der Waals surface area contributed by atoms with Gasteiger partial charge in [0, 0.05) is 29.7 Å². The molecule has 1 aromatic carbocycles. The van der Waals surface area contributed by atoms with E-state index >= 15 is 0 Å². The first-order valence-corrected chi connectivity index (χ1v) is 15.4. The molecular formula is C34H44N2O2. The number of nitrogens with zero attached hydrogens (tertiary/aromatic N) is 2. The molecule has 202 valence electrons. The molecule has 0 bridgehead atoms. The van der Waals surface area contributed by atoms with Crippen molar-refractivity contribution in [1.29, 1.82) is 0 Å². The van der Waals surface area contributed by atoms with E-state index in [1.807, 2.05) is 30.3 Å². The van der Waals surface area contributed by atoms with Crippen molar-refractivity contribution in [3.63, 3.8) is 0 Å². The predicted molar refractivity (Wildman–Crippen MR) is 152 cm³/mol. The van der Waals surface area contributed by atoms with Crippen LogP contribution in [-0.2, 0) is 4.74 Å². The molecule has 1 unspecified atom stereocenters. The van der Waals surface area contributed by atoms with Crippen LogP contribution in [0.5, 0.6) is 0 Å². The molecule has 0 N–H and O–H groups in total. The van der Waals surface area contributed by atoms with Gasteiger partial charge in [-0.3, -0.25) is 0 Å². The molecule has 0 aromatic heterocycles. The number of rotatable bonds is 2. The number of benzene rings is 1. The minimum Gasteiger partial charge on any atom is -0.458 e. The lowest BCUT2D eigenvalue weighted by Crippen LogP contribution is -2.51. The summed E-state index contributed by atoms with van der Waals surface area (Å²) in [5, 5.41) is 9.71. The largest absolute Gasteiger partial charge is 0.458 e. The number of carbonyl (C=O) groups is 1. The van der Waals surface area contributed by atoms with Crippen molar-refractivity contribution >= 4 is 17.4 Å². The maximum atomic E-state index is 12.8. The molecule has 4 saturated carbocycles. The van der Waals surface area contributed by atoms with Gasteiger partial charge in [0.2, 0.25) is 0 Å². The summed E-state index contributed by atoms with van der Waals surface area (Å²) in [4.78, 5) is 12.8. The Balaban J connectivity index is 1.13. The number of hydrogen-bond donors (Lipinski definition) is 0. The third-order valence-electron chi connectivity index (χ3n) is 12.4. The van der Waals surface area contributed by atoms with E-state index in [1.165, 1.54) is 56.4 Å². The van der Waals surface area contributed by atoms with Crippen LogP contribution >= 0.6 is 0 Å². The lowest BCUT2D eigenvalue weighted by atomic mass is 9.47. The molecular weight excluding hydrogens is 468 g/mol. The molecule has 9 atom stereocenters. The van der Waals surface area contributed by atoms with Crippen LogP contribution in [0.15, 0.2) is 52.2 Å². The highest BCUT2D eigenvalue weighted by Crippen LogP contribution is 2.69. The Kier molecular flexibility index (Phi) is 5.98. The highest BCUT2D eigenvalue weighted by Gasteiger charge is 2.63. The van der Waals surface area contributed by atoms with Gasteiger partial charge < -0.3 is 4.74 Å². The van der Waals surface area contributed by atoms with Crippen LogP contribution in [0.2, 0.25) is 0 Å². The van der Waals surface area contributed by atoms with E-state index in [2.05, 4.69) is 26.8 Å². The van der Waals surface area contributed by atoms with E-state index < -0.39 is 0 Å². The number of carbonyl (C=O) groups excluding carboxylic acids is 1. The Morgan fingerprint density at radius 1 is 0.974 bits per heavy atom. The molecule has 38 heavy (non-hydrogen) atoms. The van der Waals surface area contributed by atoms with Gasteiger partial charge in [0.25, 0.3) is 0 Å². The van der Waals surface area contributed by atoms with E-state index in [-0.39, 0.29) is 17.5 Å². The molecule has 4 nitrogen and oxygen atoms in total. The fraction of sp³-hybridized carbons (Fsp3) is 0.676. The van der Waals surface area contributed by atoms with Crippen LogP contribution in [0.25, 0.3) is 0 Å². The van der Waals surface area contributed by atoms with Crippen LogP contribution in [-0.4, -0.2) is 23.5 Å². The molecule has 7 rings (SSSR count). The first-order valence-electron chi connectivity index (χ1n) is 15.4. The van der Waals surface area contributed by atoms with Crippen LogP contribution in [0.4, 0.5) is 0 Å².